The van der Waals surface area contributed by atoms with Crippen LogP contribution in [0.15, 0.2) is 10.7 Å². The Bertz CT molecular complexity index is 373. The third kappa shape index (κ3) is 2.50. The van der Waals surface area contributed by atoms with Crippen molar-refractivity contribution >= 4 is 5.78 Å². The second-order valence-electron chi connectivity index (χ2n) is 4.52. The molecule has 88 valence electrons. The smallest absolute Gasteiger partial charge is 0.196 e. The molecule has 0 N–H and O–H groups in total. The normalized spacial score (nSPS) is 22.2. The van der Waals surface area contributed by atoms with Crippen molar-refractivity contribution in [2.24, 2.45) is 0 Å². The molecule has 1 aromatic heterocycles. The minimum Gasteiger partial charge on any atom is -0.448 e. The second kappa shape index (κ2) is 4.78. The van der Waals surface area contributed by atoms with Crippen LogP contribution in [0.3, 0.4) is 0 Å². The van der Waals surface area contributed by atoms with Gasteiger partial charge >= 0.3 is 0 Å². The summed E-state index contributed by atoms with van der Waals surface area (Å²) in [5.41, 5.74) is 0.438. The molecule has 0 radical (unpaired) electrons. The van der Waals surface area contributed by atoms with Crippen LogP contribution in [0.5, 0.6) is 0 Å². The number of carbonyl (C=O) groups is 1. The van der Waals surface area contributed by atoms with Crippen LogP contribution < -0.4 is 0 Å². The molecular formula is C12H18N2O2. The average molecular weight is 222 g/mol. The number of oxazole rings is 1. The Morgan fingerprint density at radius 3 is 3.06 bits per heavy atom. The molecule has 0 aliphatic carbocycles. The highest BCUT2D eigenvalue weighted by atomic mass is 16.3. The monoisotopic (exact) mass is 222 g/mol. The van der Waals surface area contributed by atoms with Gasteiger partial charge in [-0.05, 0) is 26.4 Å². The van der Waals surface area contributed by atoms with Gasteiger partial charge < -0.3 is 9.32 Å². The molecule has 4 nitrogen and oxygen atoms in total. The van der Waals surface area contributed by atoms with Gasteiger partial charge in [0.25, 0.3) is 0 Å². The molecule has 1 aliphatic heterocycles. The zero-order valence-electron chi connectivity index (χ0n) is 9.90. The molecule has 1 aliphatic rings. The van der Waals surface area contributed by atoms with Gasteiger partial charge in [0.15, 0.2) is 11.7 Å². The van der Waals surface area contributed by atoms with Crippen LogP contribution in [0, 0.1) is 0 Å². The molecule has 2 heterocycles. The fraction of sp³-hybridized carbons (Fsp3) is 0.667. The van der Waals surface area contributed by atoms with Crippen molar-refractivity contribution in [3.8, 4) is 0 Å². The van der Waals surface area contributed by atoms with Crippen molar-refractivity contribution in [2.45, 2.75) is 38.6 Å². The zero-order chi connectivity index (χ0) is 11.5. The minimum absolute atomic E-state index is 0.0352. The van der Waals surface area contributed by atoms with E-state index in [1.807, 2.05) is 0 Å². The number of rotatable bonds is 3. The molecule has 1 aromatic rings. The van der Waals surface area contributed by atoms with Crippen molar-refractivity contribution < 1.29 is 9.21 Å². The lowest BCUT2D eigenvalue weighted by atomic mass is 10.0. The number of hydrogen-bond acceptors (Lipinski definition) is 4. The Hall–Kier alpha value is -1.16. The Morgan fingerprint density at radius 2 is 2.44 bits per heavy atom. The highest BCUT2D eigenvalue weighted by Gasteiger charge is 2.21. The SMILES string of the molecule is CC(=O)c1coc(CC2CCCCN2C)n1. The summed E-state index contributed by atoms with van der Waals surface area (Å²) in [6.45, 7) is 2.65. The lowest BCUT2D eigenvalue weighted by molar-refractivity contribution is 0.101. The van der Waals surface area contributed by atoms with E-state index in [1.54, 1.807) is 0 Å². The lowest BCUT2D eigenvalue weighted by Crippen LogP contribution is -2.37. The van der Waals surface area contributed by atoms with Gasteiger partial charge in [-0.3, -0.25) is 4.79 Å². The summed E-state index contributed by atoms with van der Waals surface area (Å²) in [6, 6.07) is 0.507. The lowest BCUT2D eigenvalue weighted by Gasteiger charge is -2.31. The van der Waals surface area contributed by atoms with Crippen LogP contribution in [0.4, 0.5) is 0 Å². The van der Waals surface area contributed by atoms with Crippen LogP contribution in [-0.2, 0) is 6.42 Å². The maximum Gasteiger partial charge on any atom is 0.196 e. The van der Waals surface area contributed by atoms with Gasteiger partial charge in [0, 0.05) is 19.4 Å². The number of Topliss-reactive ketones (excluding diaryl/α,β-unsaturated/α-hetero) is 1. The van der Waals surface area contributed by atoms with Crippen molar-refractivity contribution in [1.82, 2.24) is 9.88 Å². The van der Waals surface area contributed by atoms with Crippen molar-refractivity contribution in [3.63, 3.8) is 0 Å². The molecule has 1 unspecified atom stereocenters. The molecule has 2 rings (SSSR count). The van der Waals surface area contributed by atoms with Gasteiger partial charge in [-0.15, -0.1) is 0 Å². The molecule has 1 fully saturated rings. The first kappa shape index (κ1) is 11.3. The van der Waals surface area contributed by atoms with Gasteiger partial charge in [0.2, 0.25) is 0 Å². The fourth-order valence-corrected chi connectivity index (χ4v) is 2.17. The van der Waals surface area contributed by atoms with Crippen LogP contribution in [0.2, 0.25) is 0 Å². The average Bonchev–Trinajstić information content (AvgIpc) is 2.70. The number of carbonyl (C=O) groups excluding carboxylic acids is 1. The number of aromatic nitrogens is 1. The summed E-state index contributed by atoms with van der Waals surface area (Å²) < 4.78 is 5.32. The minimum atomic E-state index is -0.0352. The first-order valence-corrected chi connectivity index (χ1v) is 5.82. The van der Waals surface area contributed by atoms with Crippen LogP contribution in [0.25, 0.3) is 0 Å². The van der Waals surface area contributed by atoms with Crippen molar-refractivity contribution in [2.75, 3.05) is 13.6 Å². The molecule has 0 aromatic carbocycles. The van der Waals surface area contributed by atoms with Gasteiger partial charge in [-0.1, -0.05) is 6.42 Å². The van der Waals surface area contributed by atoms with Crippen LogP contribution in [-0.4, -0.2) is 35.3 Å². The van der Waals surface area contributed by atoms with Gasteiger partial charge in [-0.2, -0.15) is 0 Å². The van der Waals surface area contributed by atoms with E-state index < -0.39 is 0 Å². The highest BCUT2D eigenvalue weighted by molar-refractivity contribution is 5.91. The number of piperidine rings is 1. The summed E-state index contributed by atoms with van der Waals surface area (Å²) in [4.78, 5) is 17.6. The summed E-state index contributed by atoms with van der Waals surface area (Å²) in [5, 5.41) is 0. The number of likely N-dealkylation sites (tertiary alicyclic amines) is 1. The van der Waals surface area contributed by atoms with E-state index in [-0.39, 0.29) is 5.78 Å². The first-order chi connectivity index (χ1) is 7.66. The molecular weight excluding hydrogens is 204 g/mol. The van der Waals surface area contributed by atoms with E-state index in [4.69, 9.17) is 4.42 Å². The molecule has 1 saturated heterocycles. The van der Waals surface area contributed by atoms with Gasteiger partial charge in [-0.25, -0.2) is 4.98 Å². The van der Waals surface area contributed by atoms with E-state index in [0.29, 0.717) is 17.6 Å². The second-order valence-corrected chi connectivity index (χ2v) is 4.52. The molecule has 16 heavy (non-hydrogen) atoms. The third-order valence-electron chi connectivity index (χ3n) is 3.24. The summed E-state index contributed by atoms with van der Waals surface area (Å²) >= 11 is 0. The summed E-state index contributed by atoms with van der Waals surface area (Å²) in [7, 11) is 2.14. The van der Waals surface area contributed by atoms with Crippen LogP contribution in [0.1, 0.15) is 42.6 Å². The Morgan fingerprint density at radius 1 is 1.62 bits per heavy atom. The van der Waals surface area contributed by atoms with E-state index in [2.05, 4.69) is 16.9 Å². The Balaban J connectivity index is 1.99. The number of likely N-dealkylation sites (N-methyl/N-ethyl adjacent to an activating group) is 1. The van der Waals surface area contributed by atoms with Crippen molar-refractivity contribution in [1.29, 1.82) is 0 Å². The fourth-order valence-electron chi connectivity index (χ4n) is 2.17. The first-order valence-electron chi connectivity index (χ1n) is 5.82. The van der Waals surface area contributed by atoms with E-state index >= 15 is 0 Å². The van der Waals surface area contributed by atoms with Crippen molar-refractivity contribution in [3.05, 3.63) is 17.8 Å². The summed E-state index contributed by atoms with van der Waals surface area (Å²) in [5.74, 6) is 0.649. The molecule has 0 bridgehead atoms. The highest BCUT2D eigenvalue weighted by Crippen LogP contribution is 2.18. The maximum atomic E-state index is 11.1. The number of nitrogens with zero attached hydrogens (tertiary/aromatic N) is 2. The quantitative estimate of drug-likeness (QED) is 0.733. The van der Waals surface area contributed by atoms with E-state index in [9.17, 15) is 4.79 Å². The maximum absolute atomic E-state index is 11.1. The van der Waals surface area contributed by atoms with Gasteiger partial charge in [0.05, 0.1) is 0 Å². The number of hydrogen-bond donors (Lipinski definition) is 0. The molecule has 1 atom stereocenters. The van der Waals surface area contributed by atoms with Crippen LogP contribution >= 0.6 is 0 Å². The standard InChI is InChI=1S/C12H18N2O2/c1-9(15)11-8-16-12(13-11)7-10-5-3-4-6-14(10)2/h8,10H,3-7H2,1-2H3. The largest absolute Gasteiger partial charge is 0.448 e. The molecule has 0 amide bonds. The van der Waals surface area contributed by atoms with Gasteiger partial charge in [0.1, 0.15) is 12.0 Å². The van der Waals surface area contributed by atoms with E-state index in [1.165, 1.54) is 32.4 Å². The predicted octanol–water partition coefficient (Wildman–Crippen LogP) is 1.90. The predicted molar refractivity (Wildman–Crippen MR) is 60.5 cm³/mol. The Labute approximate surface area is 95.6 Å². The molecule has 0 saturated carbocycles. The van der Waals surface area contributed by atoms with E-state index in [0.717, 1.165) is 13.0 Å². The Kier molecular flexibility index (Phi) is 3.39. The molecule has 0 spiro atoms. The third-order valence-corrected chi connectivity index (χ3v) is 3.24. The zero-order valence-corrected chi connectivity index (χ0v) is 9.90. The topological polar surface area (TPSA) is 46.3 Å². The summed E-state index contributed by atoms with van der Waals surface area (Å²) in [6.07, 6.45) is 6.01. The number of ketones is 1. The molecule has 4 heteroatoms.